The van der Waals surface area contributed by atoms with Gasteiger partial charge in [0, 0.05) is 52.5 Å². The van der Waals surface area contributed by atoms with Gasteiger partial charge in [0.25, 0.3) is 0 Å². The summed E-state index contributed by atoms with van der Waals surface area (Å²) in [4.78, 5) is 5.35. The average molecular weight is 753 g/mol. The highest BCUT2D eigenvalue weighted by Gasteiger charge is 2.28. The van der Waals surface area contributed by atoms with Gasteiger partial charge in [-0.25, -0.2) is 4.99 Å². The molecule has 1 aliphatic heterocycles. The first-order valence-corrected chi connectivity index (χ1v) is 20.5. The zero-order valence-corrected chi connectivity index (χ0v) is 31.8. The summed E-state index contributed by atoms with van der Waals surface area (Å²) in [7, 11) is 0. The average Bonchev–Trinajstić information content (AvgIpc) is 3.96. The van der Waals surface area contributed by atoms with Crippen LogP contribution in [0, 0.1) is 0 Å². The molecular formula is C51H36N4OS. The van der Waals surface area contributed by atoms with E-state index >= 15 is 0 Å². The Morgan fingerprint density at radius 3 is 2.09 bits per heavy atom. The van der Waals surface area contributed by atoms with Crippen LogP contribution in [0.2, 0.25) is 0 Å². The number of benzene rings is 7. The maximum absolute atomic E-state index is 7.02. The Morgan fingerprint density at radius 1 is 0.614 bits per heavy atom. The molecular weight excluding hydrogens is 717 g/mol. The van der Waals surface area contributed by atoms with E-state index in [0.29, 0.717) is 0 Å². The number of furan rings is 1. The van der Waals surface area contributed by atoms with Crippen LogP contribution in [0.1, 0.15) is 30.1 Å². The third kappa shape index (κ3) is 5.15. The summed E-state index contributed by atoms with van der Waals surface area (Å²) in [6.45, 7) is 0. The summed E-state index contributed by atoms with van der Waals surface area (Å²) in [5.74, 6) is 0.916. The molecule has 2 unspecified atom stereocenters. The molecule has 0 bridgehead atoms. The van der Waals surface area contributed by atoms with Crippen molar-refractivity contribution in [2.45, 2.75) is 25.2 Å². The molecule has 0 amide bonds. The minimum atomic E-state index is -0.162. The van der Waals surface area contributed by atoms with Crippen molar-refractivity contribution in [1.29, 1.82) is 0 Å². The predicted octanol–water partition coefficient (Wildman–Crippen LogP) is 11.0. The lowest BCUT2D eigenvalue weighted by atomic mass is 9.96. The van der Waals surface area contributed by atoms with Crippen LogP contribution < -0.4 is 20.4 Å². The van der Waals surface area contributed by atoms with Crippen LogP contribution >= 0.6 is 11.3 Å². The molecule has 2 aliphatic rings. The zero-order chi connectivity index (χ0) is 37.5. The summed E-state index contributed by atoms with van der Waals surface area (Å²) < 4.78 is 12.0. The van der Waals surface area contributed by atoms with Crippen molar-refractivity contribution in [3.8, 4) is 16.8 Å². The van der Waals surface area contributed by atoms with E-state index in [0.717, 1.165) is 63.0 Å². The molecule has 2 atom stereocenters. The minimum Gasteiger partial charge on any atom is -0.453 e. The molecule has 4 heterocycles. The molecule has 0 saturated carbocycles. The summed E-state index contributed by atoms with van der Waals surface area (Å²) in [6.07, 6.45) is 4.13. The Balaban J connectivity index is 1.00. The van der Waals surface area contributed by atoms with Crippen molar-refractivity contribution in [3.05, 3.63) is 185 Å². The monoisotopic (exact) mass is 752 g/mol. The van der Waals surface area contributed by atoms with Gasteiger partial charge in [0.05, 0.1) is 16.7 Å². The second-order valence-electron chi connectivity index (χ2n) is 15.0. The number of rotatable bonds is 5. The van der Waals surface area contributed by atoms with Gasteiger partial charge in [0.15, 0.2) is 5.58 Å². The largest absolute Gasteiger partial charge is 0.453 e. The van der Waals surface area contributed by atoms with Crippen molar-refractivity contribution < 1.29 is 4.42 Å². The van der Waals surface area contributed by atoms with E-state index in [-0.39, 0.29) is 12.3 Å². The first-order chi connectivity index (χ1) is 28.3. The highest BCUT2D eigenvalue weighted by molar-refractivity contribution is 7.17. The molecule has 272 valence electrons. The van der Waals surface area contributed by atoms with Gasteiger partial charge in [0.2, 0.25) is 0 Å². The standard InChI is InChI=1S/C51H36N4OS/c1-3-14-31(15-4-1)49-52-50(32-16-5-2-6-17-32)54-51(53-49)40-23-13-27-44-46(40)39-29-28-33(30-45(39)57-44)34-20-11-21-37-38-22-12-26-43(48(38)56-47(34)37)55-41-24-9-7-18-35(41)36-19-8-10-25-42(36)55/h1-12,14-22,24-30,49,51,53H,13,23H2,(H,52,54). The second-order valence-corrected chi connectivity index (χ2v) is 16.1. The van der Waals surface area contributed by atoms with E-state index in [2.05, 4.69) is 185 Å². The fraction of sp³-hybridized carbons (Fsp3) is 0.0784. The highest BCUT2D eigenvalue weighted by Crippen LogP contribution is 2.41. The lowest BCUT2D eigenvalue weighted by molar-refractivity contribution is 0.444. The number of hydrogen-bond acceptors (Lipinski definition) is 5. The van der Waals surface area contributed by atoms with Crippen LogP contribution in [0.5, 0.6) is 0 Å². The van der Waals surface area contributed by atoms with Crippen molar-refractivity contribution in [1.82, 2.24) is 15.2 Å². The number of amidine groups is 1. The molecule has 0 fully saturated rings. The molecule has 7 aromatic carbocycles. The molecule has 5 nitrogen and oxygen atoms in total. The second kappa shape index (κ2) is 12.9. The van der Waals surface area contributed by atoms with Gasteiger partial charge in [0.1, 0.15) is 23.8 Å². The molecule has 57 heavy (non-hydrogen) atoms. The third-order valence-electron chi connectivity index (χ3n) is 11.8. The van der Waals surface area contributed by atoms with Crippen molar-refractivity contribution in [3.63, 3.8) is 0 Å². The maximum Gasteiger partial charge on any atom is 0.159 e. The Morgan fingerprint density at radius 2 is 1.30 bits per heavy atom. The number of fused-ring (bicyclic) bond motifs is 9. The zero-order valence-electron chi connectivity index (χ0n) is 30.9. The summed E-state index contributed by atoms with van der Waals surface area (Å²) in [5.41, 5.74) is 11.1. The van der Waals surface area contributed by atoms with Crippen LogP contribution in [0.3, 0.4) is 0 Å². The van der Waals surface area contributed by atoms with Gasteiger partial charge in [-0.2, -0.15) is 0 Å². The number of nitrogens with one attached hydrogen (secondary N) is 2. The molecule has 2 N–H and O–H groups in total. The number of para-hydroxylation sites is 4. The predicted molar refractivity (Wildman–Crippen MR) is 237 cm³/mol. The van der Waals surface area contributed by atoms with Crippen molar-refractivity contribution >= 4 is 82.7 Å². The quantitative estimate of drug-likeness (QED) is 0.184. The Bertz CT molecular complexity index is 3320. The fourth-order valence-electron chi connectivity index (χ4n) is 9.20. The molecule has 3 aromatic heterocycles. The van der Waals surface area contributed by atoms with Gasteiger partial charge >= 0.3 is 0 Å². The number of aromatic nitrogens is 1. The fourth-order valence-corrected chi connectivity index (χ4v) is 10.5. The first-order valence-electron chi connectivity index (χ1n) is 19.7. The molecule has 1 aliphatic carbocycles. The van der Waals surface area contributed by atoms with Gasteiger partial charge in [-0.3, -0.25) is 5.32 Å². The first kappa shape index (κ1) is 32.5. The van der Waals surface area contributed by atoms with Gasteiger partial charge in [-0.15, -0.1) is 11.3 Å². The van der Waals surface area contributed by atoms with E-state index in [1.54, 1.807) is 0 Å². The summed E-state index contributed by atoms with van der Waals surface area (Å²) >= 11 is 1.88. The highest BCUT2D eigenvalue weighted by atomic mass is 32.1. The van der Waals surface area contributed by atoms with Gasteiger partial charge in [-0.1, -0.05) is 146 Å². The summed E-state index contributed by atoms with van der Waals surface area (Å²) in [5, 5.41) is 14.9. The van der Waals surface area contributed by atoms with Crippen LogP contribution in [-0.2, 0) is 0 Å². The van der Waals surface area contributed by atoms with Crippen molar-refractivity contribution in [2.75, 3.05) is 0 Å². The Kier molecular flexibility index (Phi) is 7.37. The molecule has 12 rings (SSSR count). The molecule has 6 heteroatoms. The van der Waals surface area contributed by atoms with Crippen molar-refractivity contribution in [2.24, 2.45) is 4.99 Å². The van der Waals surface area contributed by atoms with Gasteiger partial charge < -0.3 is 14.3 Å². The normalized spacial score (nSPS) is 16.9. The lowest BCUT2D eigenvalue weighted by Crippen LogP contribution is -2.50. The van der Waals surface area contributed by atoms with E-state index in [1.807, 2.05) is 11.3 Å². The SMILES string of the molecule is C1=c2sc3cc(-c4cccc5c4oc4c(-n6c7ccccc7c7ccccc76)cccc45)ccc3c2=C(C2N=C(c3ccccc3)NC(c3ccccc3)N2)CC1. The van der Waals surface area contributed by atoms with Gasteiger partial charge in [-0.05, 0) is 53.8 Å². The smallest absolute Gasteiger partial charge is 0.159 e. The number of hydrogen-bond donors (Lipinski definition) is 2. The topological polar surface area (TPSA) is 54.5 Å². The van der Waals surface area contributed by atoms with E-state index in [9.17, 15) is 0 Å². The van der Waals surface area contributed by atoms with E-state index < -0.39 is 0 Å². The van der Waals surface area contributed by atoms with Crippen LogP contribution in [0.15, 0.2) is 173 Å². The Hall–Kier alpha value is -6.73. The maximum atomic E-state index is 7.02. The van der Waals surface area contributed by atoms with E-state index in [1.165, 1.54) is 52.8 Å². The van der Waals surface area contributed by atoms with Crippen LogP contribution in [0.4, 0.5) is 0 Å². The number of nitrogens with zero attached hydrogens (tertiary/aromatic N) is 2. The van der Waals surface area contributed by atoms with E-state index in [4.69, 9.17) is 9.41 Å². The lowest BCUT2D eigenvalue weighted by Gasteiger charge is -2.33. The minimum absolute atomic E-state index is 0.0676. The molecule has 0 spiro atoms. The number of aliphatic imine (C=N–C) groups is 1. The third-order valence-corrected chi connectivity index (χ3v) is 12.9. The molecule has 0 saturated heterocycles. The van der Waals surface area contributed by atoms with Crippen LogP contribution in [0.25, 0.3) is 82.3 Å². The summed E-state index contributed by atoms with van der Waals surface area (Å²) in [6, 6.07) is 58.4. The molecule has 0 radical (unpaired) electrons. The van der Waals surface area contributed by atoms with Crippen LogP contribution in [-0.4, -0.2) is 16.6 Å². The number of thiophene rings is 1. The Labute approximate surface area is 332 Å². The molecule has 10 aromatic rings.